The molecule has 15 nitrogen and oxygen atoms in total. The van der Waals surface area contributed by atoms with Gasteiger partial charge in [-0.1, -0.05) is 58.0 Å². The molecule has 15 heteroatoms. The molecule has 17 atom stereocenters. The van der Waals surface area contributed by atoms with Gasteiger partial charge in [0.1, 0.15) is 35.8 Å². The lowest BCUT2D eigenvalue weighted by Gasteiger charge is -2.49. The standard InChI is InChI=1S/C47H73NO14/c1-15-35-27(4)37(50)28(5)38-25(2)22-47(11,62-38)41(60-44-40(57-32(9)49)34(48(12)13)21-26(3)55-44)29(6)39(30(7)43(51)58-35)59-36-23-46(10,53-14)42(31(8)56-36)61-45(52)54-24-33-19-17-16-18-20-33/h16-20,26-31,34-37,39-42,44,50H,15,21-24H2,1-14H3/t26-,27+,28-,29+,30-,31+,34+,35-,36+,37+,39+,40-,41-,42+,44+,46-,47+/m1/s1. The van der Waals surface area contributed by atoms with Crippen molar-refractivity contribution in [3.8, 4) is 0 Å². The van der Waals surface area contributed by atoms with Crippen LogP contribution in [0.5, 0.6) is 0 Å². The predicted molar refractivity (Wildman–Crippen MR) is 227 cm³/mol. The van der Waals surface area contributed by atoms with Gasteiger partial charge in [0.25, 0.3) is 0 Å². The van der Waals surface area contributed by atoms with E-state index in [0.717, 1.165) is 11.1 Å². The normalized spacial score (nSPS) is 40.6. The quantitative estimate of drug-likeness (QED) is 0.184. The topological polar surface area (TPSA) is 167 Å². The molecule has 1 N–H and O–H groups in total. The summed E-state index contributed by atoms with van der Waals surface area (Å²) in [6, 6.07) is 9.06. The summed E-state index contributed by atoms with van der Waals surface area (Å²) in [6.07, 6.45) is -7.20. The summed E-state index contributed by atoms with van der Waals surface area (Å²) >= 11 is 0. The number of likely N-dealkylation sites (N-methyl/N-ethyl adjacent to an activating group) is 1. The van der Waals surface area contributed by atoms with Gasteiger partial charge in [0, 0.05) is 44.6 Å². The van der Waals surface area contributed by atoms with Gasteiger partial charge in [-0.15, -0.1) is 0 Å². The van der Waals surface area contributed by atoms with Crippen LogP contribution < -0.4 is 0 Å². The number of ether oxygens (including phenoxy) is 10. The zero-order valence-corrected chi connectivity index (χ0v) is 39.3. The molecule has 62 heavy (non-hydrogen) atoms. The van der Waals surface area contributed by atoms with Gasteiger partial charge in [0.05, 0.1) is 36.4 Å². The molecule has 350 valence electrons. The van der Waals surface area contributed by atoms with Crippen LogP contribution in [0.2, 0.25) is 0 Å². The number of esters is 2. The number of hydrogen-bond acceptors (Lipinski definition) is 15. The molecular formula is C47H73NO14. The van der Waals surface area contributed by atoms with Crippen molar-refractivity contribution in [2.75, 3.05) is 21.2 Å². The third-order valence-electron chi connectivity index (χ3n) is 13.6. The van der Waals surface area contributed by atoms with Crippen LogP contribution >= 0.6 is 0 Å². The molecule has 3 saturated heterocycles. The Morgan fingerprint density at radius 1 is 0.919 bits per heavy atom. The maximum Gasteiger partial charge on any atom is 0.509 e. The van der Waals surface area contributed by atoms with Gasteiger partial charge in [-0.3, -0.25) is 9.59 Å². The van der Waals surface area contributed by atoms with Crippen LogP contribution in [0.4, 0.5) is 4.79 Å². The summed E-state index contributed by atoms with van der Waals surface area (Å²) in [6.45, 7) is 20.3. The van der Waals surface area contributed by atoms with Crippen LogP contribution in [0, 0.1) is 23.7 Å². The number of rotatable bonds is 11. The van der Waals surface area contributed by atoms with Crippen molar-refractivity contribution in [2.24, 2.45) is 23.7 Å². The summed E-state index contributed by atoms with van der Waals surface area (Å²) in [4.78, 5) is 42.1. The number of benzene rings is 1. The zero-order chi connectivity index (χ0) is 45.8. The molecule has 0 aromatic heterocycles. The molecule has 0 amide bonds. The molecule has 0 spiro atoms. The summed E-state index contributed by atoms with van der Waals surface area (Å²) < 4.78 is 63.7. The third-order valence-corrected chi connectivity index (χ3v) is 13.6. The van der Waals surface area contributed by atoms with Crippen molar-refractivity contribution in [3.05, 3.63) is 47.2 Å². The number of aliphatic hydroxyl groups excluding tert-OH is 1. The molecule has 3 fully saturated rings. The number of methoxy groups -OCH3 is 1. The molecule has 5 rings (SSSR count). The van der Waals surface area contributed by atoms with Crippen LogP contribution in [0.1, 0.15) is 107 Å². The van der Waals surface area contributed by atoms with Crippen LogP contribution in [-0.2, 0) is 63.6 Å². The van der Waals surface area contributed by atoms with Crippen LogP contribution in [0.15, 0.2) is 41.7 Å². The minimum absolute atomic E-state index is 0.0325. The first-order chi connectivity index (χ1) is 29.1. The molecule has 1 aromatic rings. The van der Waals surface area contributed by atoms with Gasteiger partial charge in [-0.05, 0) is 79.6 Å². The molecule has 0 aliphatic carbocycles. The maximum absolute atomic E-state index is 14.4. The lowest BCUT2D eigenvalue weighted by molar-refractivity contribution is -0.318. The lowest BCUT2D eigenvalue weighted by Crippen LogP contribution is -2.61. The summed E-state index contributed by atoms with van der Waals surface area (Å²) in [7, 11) is 5.38. The Kier molecular flexibility index (Phi) is 16.6. The van der Waals surface area contributed by atoms with E-state index in [9.17, 15) is 19.5 Å². The van der Waals surface area contributed by atoms with Gasteiger partial charge in [-0.2, -0.15) is 0 Å². The minimum atomic E-state index is -1.10. The highest BCUT2D eigenvalue weighted by atomic mass is 16.8. The number of carbonyl (C=O) groups excluding carboxylic acids is 3. The number of carbonyl (C=O) groups is 3. The molecule has 1 aromatic carbocycles. The summed E-state index contributed by atoms with van der Waals surface area (Å²) in [5.74, 6) is -2.75. The van der Waals surface area contributed by atoms with Gasteiger partial charge < -0.3 is 57.4 Å². The van der Waals surface area contributed by atoms with E-state index >= 15 is 0 Å². The van der Waals surface area contributed by atoms with Crippen molar-refractivity contribution < 1.29 is 66.9 Å². The second kappa shape index (κ2) is 20.7. The van der Waals surface area contributed by atoms with Crippen LogP contribution in [0.25, 0.3) is 0 Å². The number of cyclic esters (lactones) is 1. The van der Waals surface area contributed by atoms with Crippen molar-refractivity contribution in [1.29, 1.82) is 0 Å². The van der Waals surface area contributed by atoms with E-state index in [-0.39, 0.29) is 25.2 Å². The Bertz CT molecular complexity index is 1710. The summed E-state index contributed by atoms with van der Waals surface area (Å²) in [5, 5.41) is 11.8. The van der Waals surface area contributed by atoms with E-state index in [2.05, 4.69) is 0 Å². The van der Waals surface area contributed by atoms with Crippen molar-refractivity contribution >= 4 is 18.1 Å². The molecule has 0 saturated carbocycles. The lowest BCUT2D eigenvalue weighted by atomic mass is 9.79. The van der Waals surface area contributed by atoms with Gasteiger partial charge in [0.2, 0.25) is 0 Å². The molecule has 2 bridgehead atoms. The molecule has 0 unspecified atom stereocenters. The van der Waals surface area contributed by atoms with E-state index < -0.39 is 108 Å². The monoisotopic (exact) mass is 876 g/mol. The highest BCUT2D eigenvalue weighted by Gasteiger charge is 2.56. The largest absolute Gasteiger partial charge is 0.509 e. The Balaban J connectivity index is 1.53. The minimum Gasteiger partial charge on any atom is -0.489 e. The molecule has 0 radical (unpaired) electrons. The van der Waals surface area contributed by atoms with Crippen molar-refractivity contribution in [2.45, 2.75) is 187 Å². The predicted octanol–water partition coefficient (Wildman–Crippen LogP) is 6.71. The first-order valence-corrected chi connectivity index (χ1v) is 22.3. The van der Waals surface area contributed by atoms with Crippen LogP contribution in [-0.4, -0.2) is 128 Å². The number of nitrogens with zero attached hydrogens (tertiary/aromatic N) is 1. The fraction of sp³-hybridized carbons (Fsp3) is 0.766. The molecule has 4 aliphatic rings. The summed E-state index contributed by atoms with van der Waals surface area (Å²) in [5.41, 5.74) is -0.408. The Labute approximate surface area is 368 Å². The Morgan fingerprint density at radius 2 is 1.60 bits per heavy atom. The van der Waals surface area contributed by atoms with E-state index in [0.29, 0.717) is 25.0 Å². The zero-order valence-electron chi connectivity index (χ0n) is 39.3. The highest BCUT2D eigenvalue weighted by molar-refractivity contribution is 5.73. The fourth-order valence-corrected chi connectivity index (χ4v) is 10.0. The Morgan fingerprint density at radius 3 is 2.21 bits per heavy atom. The number of fused-ring (bicyclic) bond motifs is 2. The first kappa shape index (κ1) is 49.7. The van der Waals surface area contributed by atoms with Gasteiger partial charge in [-0.25, -0.2) is 4.79 Å². The first-order valence-electron chi connectivity index (χ1n) is 22.3. The smallest absolute Gasteiger partial charge is 0.489 e. The maximum atomic E-state index is 14.4. The van der Waals surface area contributed by atoms with Crippen molar-refractivity contribution in [3.63, 3.8) is 0 Å². The number of hydrogen-bond donors (Lipinski definition) is 1. The van der Waals surface area contributed by atoms with E-state index in [1.807, 2.05) is 105 Å². The average Bonchev–Trinajstić information content (AvgIpc) is 3.54. The fourth-order valence-electron chi connectivity index (χ4n) is 10.0. The van der Waals surface area contributed by atoms with E-state index in [1.54, 1.807) is 13.8 Å². The SMILES string of the molecule is CC[C@H]1OC(=O)[C@H](C)[C@@H](O[C@H]2C[C@@](C)(OC)[C@@H](OC(=O)OCc3ccccc3)[C@H](C)O2)[C@H](C)[C@@H](O[C@@H]2O[C@H](C)C[C@H](N(C)C)[C@H]2OC(C)=O)[C@]2(C)CC(C)=C(O2)[C@H](C)[C@@H](O)[C@H]1C. The van der Waals surface area contributed by atoms with E-state index in [4.69, 9.17) is 47.4 Å². The van der Waals surface area contributed by atoms with Crippen molar-refractivity contribution in [1.82, 2.24) is 4.90 Å². The molecule has 4 aliphatic heterocycles. The second-order valence-corrected chi connectivity index (χ2v) is 18.8. The molecular weight excluding hydrogens is 803 g/mol. The van der Waals surface area contributed by atoms with Crippen LogP contribution in [0.3, 0.4) is 0 Å². The second-order valence-electron chi connectivity index (χ2n) is 18.8. The number of aliphatic hydroxyl groups is 1. The third kappa shape index (κ3) is 11.1. The highest BCUT2D eigenvalue weighted by Crippen LogP contribution is 2.47. The van der Waals surface area contributed by atoms with Gasteiger partial charge >= 0.3 is 18.1 Å². The molecule has 4 heterocycles. The average molecular weight is 876 g/mol. The Hall–Kier alpha value is -3.31. The van der Waals surface area contributed by atoms with Gasteiger partial charge in [0.15, 0.2) is 24.8 Å². The van der Waals surface area contributed by atoms with E-state index in [1.165, 1.54) is 14.0 Å².